The van der Waals surface area contributed by atoms with Gasteiger partial charge in [0.15, 0.2) is 0 Å². The zero-order chi connectivity index (χ0) is 11.0. The maximum absolute atomic E-state index is 2.34. The van der Waals surface area contributed by atoms with Crippen molar-refractivity contribution in [3.8, 4) is 0 Å². The lowest BCUT2D eigenvalue weighted by atomic mass is 10.2. The van der Waals surface area contributed by atoms with Crippen LogP contribution in [0.25, 0.3) is 0 Å². The van der Waals surface area contributed by atoms with Crippen LogP contribution < -0.4 is 0 Å². The summed E-state index contributed by atoms with van der Waals surface area (Å²) in [6.45, 7) is 6.06. The normalized spacial score (nSPS) is 12.4. The summed E-state index contributed by atoms with van der Waals surface area (Å²) in [4.78, 5) is 2.27. The van der Waals surface area contributed by atoms with E-state index in [4.69, 9.17) is 0 Å². The zero-order valence-corrected chi connectivity index (χ0v) is 10.8. The Labute approximate surface area is 90.5 Å². The van der Waals surface area contributed by atoms with Crippen molar-refractivity contribution < 1.29 is 4.48 Å². The molecule has 0 rings (SSSR count). The number of nitrogens with zero attached hydrogens (tertiary/aromatic N) is 2. The predicted octanol–water partition coefficient (Wildman–Crippen LogP) is 2.20. The van der Waals surface area contributed by atoms with Crippen LogP contribution in [0.2, 0.25) is 0 Å². The Morgan fingerprint density at radius 2 is 1.57 bits per heavy atom. The molecule has 0 aliphatic heterocycles. The summed E-state index contributed by atoms with van der Waals surface area (Å²) >= 11 is 0. The highest BCUT2D eigenvalue weighted by molar-refractivity contribution is 4.44. The summed E-state index contributed by atoms with van der Waals surface area (Å²) in [6, 6.07) is 0. The van der Waals surface area contributed by atoms with Crippen molar-refractivity contribution in [1.82, 2.24) is 4.90 Å². The van der Waals surface area contributed by atoms with Gasteiger partial charge in [0.05, 0.1) is 27.2 Å². The molecule has 0 aliphatic carbocycles. The molecule has 2 nitrogen and oxygen atoms in total. The summed E-state index contributed by atoms with van der Waals surface area (Å²) in [6.07, 6.45) is 5.52. The standard InChI is InChI=1S/C12H29N2/c1-6-7-8-9-11-14(4,5)12-10-13(2)3/h6-12H2,1-5H3/q+1. The Balaban J connectivity index is 3.50. The van der Waals surface area contributed by atoms with Crippen LogP contribution in [0.4, 0.5) is 0 Å². The van der Waals surface area contributed by atoms with Crippen molar-refractivity contribution in [2.45, 2.75) is 32.6 Å². The maximum atomic E-state index is 2.34. The molecule has 86 valence electrons. The number of hydrogen-bond acceptors (Lipinski definition) is 1. The van der Waals surface area contributed by atoms with Crippen LogP contribution >= 0.6 is 0 Å². The molecular weight excluding hydrogens is 172 g/mol. The van der Waals surface area contributed by atoms with Crippen LogP contribution in [0.1, 0.15) is 32.6 Å². The fourth-order valence-electron chi connectivity index (χ4n) is 1.55. The van der Waals surface area contributed by atoms with E-state index in [1.807, 2.05) is 0 Å². The van der Waals surface area contributed by atoms with E-state index >= 15 is 0 Å². The smallest absolute Gasteiger partial charge is 0.0911 e. The fourth-order valence-corrected chi connectivity index (χ4v) is 1.55. The van der Waals surface area contributed by atoms with E-state index in [0.717, 1.165) is 0 Å². The average Bonchev–Trinajstić information content (AvgIpc) is 2.10. The summed E-state index contributed by atoms with van der Waals surface area (Å²) in [5, 5.41) is 0. The van der Waals surface area contributed by atoms with Gasteiger partial charge in [0.2, 0.25) is 0 Å². The van der Waals surface area contributed by atoms with E-state index in [-0.39, 0.29) is 0 Å². The van der Waals surface area contributed by atoms with Gasteiger partial charge < -0.3 is 9.38 Å². The molecule has 0 amide bonds. The van der Waals surface area contributed by atoms with Crippen molar-refractivity contribution >= 4 is 0 Å². The lowest BCUT2D eigenvalue weighted by molar-refractivity contribution is -0.890. The molecule has 0 saturated heterocycles. The molecular formula is C12H29N2+. The van der Waals surface area contributed by atoms with E-state index in [2.05, 4.69) is 40.0 Å². The predicted molar refractivity (Wildman–Crippen MR) is 64.5 cm³/mol. The van der Waals surface area contributed by atoms with Crippen LogP contribution in [-0.4, -0.2) is 57.2 Å². The minimum Gasteiger partial charge on any atom is -0.327 e. The Bertz CT molecular complexity index is 130. The minimum absolute atomic E-state index is 1.17. The van der Waals surface area contributed by atoms with Gasteiger partial charge >= 0.3 is 0 Å². The second-order valence-electron chi connectivity index (χ2n) is 5.25. The summed E-state index contributed by atoms with van der Waals surface area (Å²) in [5.41, 5.74) is 0. The average molecular weight is 201 g/mol. The van der Waals surface area contributed by atoms with Crippen molar-refractivity contribution in [1.29, 1.82) is 0 Å². The Morgan fingerprint density at radius 3 is 2.07 bits per heavy atom. The quantitative estimate of drug-likeness (QED) is 0.430. The number of hydrogen-bond donors (Lipinski definition) is 0. The van der Waals surface area contributed by atoms with Gasteiger partial charge in [-0.25, -0.2) is 0 Å². The largest absolute Gasteiger partial charge is 0.327 e. The molecule has 0 N–H and O–H groups in total. The third-order valence-corrected chi connectivity index (χ3v) is 2.77. The molecule has 2 heteroatoms. The monoisotopic (exact) mass is 201 g/mol. The van der Waals surface area contributed by atoms with Crippen molar-refractivity contribution in [3.05, 3.63) is 0 Å². The number of likely N-dealkylation sites (N-methyl/N-ethyl adjacent to an activating group) is 2. The molecule has 0 aromatic rings. The Hall–Kier alpha value is -0.0800. The first-order chi connectivity index (χ1) is 6.48. The summed E-state index contributed by atoms with van der Waals surface area (Å²) in [5.74, 6) is 0. The molecule has 0 aromatic heterocycles. The summed E-state index contributed by atoms with van der Waals surface area (Å²) < 4.78 is 1.17. The van der Waals surface area contributed by atoms with Gasteiger partial charge in [-0.15, -0.1) is 0 Å². The molecule has 0 atom stereocenters. The van der Waals surface area contributed by atoms with Crippen molar-refractivity contribution in [3.63, 3.8) is 0 Å². The van der Waals surface area contributed by atoms with Crippen LogP contribution in [-0.2, 0) is 0 Å². The first-order valence-electron chi connectivity index (χ1n) is 5.94. The second-order valence-corrected chi connectivity index (χ2v) is 5.25. The van der Waals surface area contributed by atoms with Crippen molar-refractivity contribution in [2.75, 3.05) is 47.8 Å². The lowest BCUT2D eigenvalue weighted by Gasteiger charge is -2.31. The maximum Gasteiger partial charge on any atom is 0.0911 e. The van der Waals surface area contributed by atoms with Crippen LogP contribution in [0.5, 0.6) is 0 Å². The highest BCUT2D eigenvalue weighted by atomic mass is 15.3. The first kappa shape index (κ1) is 13.9. The topological polar surface area (TPSA) is 3.24 Å². The lowest BCUT2D eigenvalue weighted by Crippen LogP contribution is -2.44. The molecule has 0 heterocycles. The molecule has 0 unspecified atom stereocenters. The molecule has 0 aliphatic rings. The van der Waals surface area contributed by atoms with Crippen LogP contribution in [0.15, 0.2) is 0 Å². The third kappa shape index (κ3) is 8.52. The van der Waals surface area contributed by atoms with Gasteiger partial charge in [0.1, 0.15) is 0 Å². The molecule has 0 aromatic carbocycles. The van der Waals surface area contributed by atoms with E-state index in [1.165, 1.54) is 49.8 Å². The van der Waals surface area contributed by atoms with Crippen molar-refractivity contribution in [2.24, 2.45) is 0 Å². The molecule has 0 spiro atoms. The molecule has 0 radical (unpaired) electrons. The van der Waals surface area contributed by atoms with Gasteiger partial charge in [-0.3, -0.25) is 0 Å². The SMILES string of the molecule is CCCCCC[N+](C)(C)CCN(C)C. The minimum atomic E-state index is 1.17. The Kier molecular flexibility index (Phi) is 7.20. The zero-order valence-electron chi connectivity index (χ0n) is 10.8. The molecule has 0 fully saturated rings. The van der Waals surface area contributed by atoms with E-state index in [0.29, 0.717) is 0 Å². The summed E-state index contributed by atoms with van der Waals surface area (Å²) in [7, 11) is 8.99. The van der Waals surface area contributed by atoms with Crippen LogP contribution in [0, 0.1) is 0 Å². The van der Waals surface area contributed by atoms with Gasteiger partial charge in [-0.1, -0.05) is 19.8 Å². The Morgan fingerprint density at radius 1 is 0.929 bits per heavy atom. The first-order valence-corrected chi connectivity index (χ1v) is 5.94. The third-order valence-electron chi connectivity index (χ3n) is 2.77. The van der Waals surface area contributed by atoms with Crippen LogP contribution in [0.3, 0.4) is 0 Å². The molecule has 0 bridgehead atoms. The van der Waals surface area contributed by atoms with E-state index in [1.54, 1.807) is 0 Å². The molecule has 0 saturated carbocycles. The van der Waals surface area contributed by atoms with E-state index in [9.17, 15) is 0 Å². The number of rotatable bonds is 8. The second kappa shape index (κ2) is 7.24. The van der Waals surface area contributed by atoms with Gasteiger partial charge in [-0.2, -0.15) is 0 Å². The van der Waals surface area contributed by atoms with Gasteiger partial charge in [0, 0.05) is 6.54 Å². The number of quaternary nitrogens is 1. The highest BCUT2D eigenvalue weighted by Crippen LogP contribution is 2.05. The fraction of sp³-hybridized carbons (Fsp3) is 1.00. The molecule has 14 heavy (non-hydrogen) atoms. The van der Waals surface area contributed by atoms with E-state index < -0.39 is 0 Å². The highest BCUT2D eigenvalue weighted by Gasteiger charge is 2.13. The van der Waals surface area contributed by atoms with Gasteiger partial charge in [-0.05, 0) is 26.9 Å². The number of unbranched alkanes of at least 4 members (excludes halogenated alkanes) is 3. The van der Waals surface area contributed by atoms with Gasteiger partial charge in [0.25, 0.3) is 0 Å².